The van der Waals surface area contributed by atoms with Gasteiger partial charge in [0.1, 0.15) is 5.82 Å². The molecule has 1 saturated carbocycles. The first-order valence-electron chi connectivity index (χ1n) is 6.60. The van der Waals surface area contributed by atoms with Crippen molar-refractivity contribution in [2.45, 2.75) is 50.4 Å². The molecule has 0 unspecified atom stereocenters. The van der Waals surface area contributed by atoms with E-state index >= 15 is 0 Å². The molecular formula is C15H19FO2. The van der Waals surface area contributed by atoms with Gasteiger partial charge in [-0.15, -0.1) is 0 Å². The van der Waals surface area contributed by atoms with Crippen LogP contribution in [0.15, 0.2) is 24.3 Å². The average molecular weight is 250 g/mol. The zero-order valence-corrected chi connectivity index (χ0v) is 10.5. The Balaban J connectivity index is 2.22. The van der Waals surface area contributed by atoms with E-state index in [2.05, 4.69) is 0 Å². The molecule has 0 spiro atoms. The van der Waals surface area contributed by atoms with Gasteiger partial charge >= 0.3 is 5.97 Å². The van der Waals surface area contributed by atoms with E-state index in [4.69, 9.17) is 5.11 Å². The molecule has 0 bridgehead atoms. The molecule has 2 rings (SSSR count). The van der Waals surface area contributed by atoms with Crippen molar-refractivity contribution >= 4 is 5.97 Å². The molecule has 2 nitrogen and oxygen atoms in total. The van der Waals surface area contributed by atoms with Crippen LogP contribution >= 0.6 is 0 Å². The zero-order valence-electron chi connectivity index (χ0n) is 10.5. The maximum absolute atomic E-state index is 13.0. The first-order chi connectivity index (χ1) is 8.62. The third kappa shape index (κ3) is 2.89. The normalized spacial score (nSPS) is 18.5. The lowest BCUT2D eigenvalue weighted by Gasteiger charge is -2.37. The number of aliphatic carboxylic acids is 1. The van der Waals surface area contributed by atoms with Crippen LogP contribution in [0.3, 0.4) is 0 Å². The Bertz CT molecular complexity index is 405. The van der Waals surface area contributed by atoms with Crippen LogP contribution in [0.4, 0.5) is 4.39 Å². The maximum atomic E-state index is 13.0. The van der Waals surface area contributed by atoms with Crippen LogP contribution in [0, 0.1) is 5.82 Å². The molecule has 1 N–H and O–H groups in total. The van der Waals surface area contributed by atoms with Crippen molar-refractivity contribution < 1.29 is 14.3 Å². The highest BCUT2D eigenvalue weighted by Gasteiger charge is 2.33. The number of hydrogen-bond donors (Lipinski definition) is 1. The molecule has 0 aliphatic heterocycles. The second-order valence-corrected chi connectivity index (χ2v) is 5.24. The summed E-state index contributed by atoms with van der Waals surface area (Å²) >= 11 is 0. The van der Waals surface area contributed by atoms with Crippen molar-refractivity contribution in [2.75, 3.05) is 0 Å². The minimum atomic E-state index is -0.748. The summed E-state index contributed by atoms with van der Waals surface area (Å²) in [5, 5.41) is 8.89. The summed E-state index contributed by atoms with van der Waals surface area (Å²) in [4.78, 5) is 10.8. The fourth-order valence-electron chi connectivity index (χ4n) is 3.06. The minimum Gasteiger partial charge on any atom is -0.481 e. The molecule has 3 heteroatoms. The summed E-state index contributed by atoms with van der Waals surface area (Å²) in [6.45, 7) is 0. The number of benzene rings is 1. The fourth-order valence-corrected chi connectivity index (χ4v) is 3.06. The molecule has 0 saturated heterocycles. The summed E-state index contributed by atoms with van der Waals surface area (Å²) in [5.74, 6) is -0.981. The molecule has 18 heavy (non-hydrogen) atoms. The van der Waals surface area contributed by atoms with Gasteiger partial charge in [-0.1, -0.05) is 31.4 Å². The summed E-state index contributed by atoms with van der Waals surface area (Å²) in [6.07, 6.45) is 6.38. The molecule has 1 aliphatic rings. The largest absolute Gasteiger partial charge is 0.481 e. The summed E-state index contributed by atoms with van der Waals surface area (Å²) in [6, 6.07) is 6.60. The number of carboxylic acids is 1. The fraction of sp³-hybridized carbons (Fsp3) is 0.533. The van der Waals surface area contributed by atoms with Gasteiger partial charge in [0.25, 0.3) is 0 Å². The van der Waals surface area contributed by atoms with Crippen LogP contribution in [0.2, 0.25) is 0 Å². The van der Waals surface area contributed by atoms with E-state index in [0.29, 0.717) is 6.42 Å². The van der Waals surface area contributed by atoms with Gasteiger partial charge < -0.3 is 5.11 Å². The van der Waals surface area contributed by atoms with E-state index in [0.717, 1.165) is 31.2 Å². The molecule has 1 aromatic carbocycles. The summed E-state index contributed by atoms with van der Waals surface area (Å²) in [5.41, 5.74) is 1.05. The number of rotatable bonds is 4. The number of hydrogen-bond acceptors (Lipinski definition) is 1. The smallest absolute Gasteiger partial charge is 0.303 e. The van der Waals surface area contributed by atoms with Crippen molar-refractivity contribution in [3.8, 4) is 0 Å². The predicted octanol–water partition coefficient (Wildman–Crippen LogP) is 3.89. The van der Waals surface area contributed by atoms with Crippen molar-refractivity contribution in [1.29, 1.82) is 0 Å². The zero-order chi connectivity index (χ0) is 13.0. The molecule has 1 fully saturated rings. The van der Waals surface area contributed by atoms with Crippen LogP contribution in [0.1, 0.15) is 50.5 Å². The van der Waals surface area contributed by atoms with Crippen molar-refractivity contribution in [3.63, 3.8) is 0 Å². The summed E-state index contributed by atoms with van der Waals surface area (Å²) in [7, 11) is 0. The molecule has 0 amide bonds. The van der Waals surface area contributed by atoms with Crippen LogP contribution < -0.4 is 0 Å². The van der Waals surface area contributed by atoms with Gasteiger partial charge in [-0.05, 0) is 42.4 Å². The van der Waals surface area contributed by atoms with E-state index in [1.54, 1.807) is 0 Å². The lowest BCUT2D eigenvalue weighted by atomic mass is 9.67. The monoisotopic (exact) mass is 250 g/mol. The van der Waals surface area contributed by atoms with Gasteiger partial charge in [-0.2, -0.15) is 0 Å². The van der Waals surface area contributed by atoms with E-state index in [1.165, 1.54) is 18.6 Å². The van der Waals surface area contributed by atoms with Crippen molar-refractivity contribution in [2.24, 2.45) is 0 Å². The Morgan fingerprint density at radius 2 is 1.78 bits per heavy atom. The Kier molecular flexibility index (Phi) is 4.00. The minimum absolute atomic E-state index is 0.0512. The van der Waals surface area contributed by atoms with E-state index in [9.17, 15) is 9.18 Å². The maximum Gasteiger partial charge on any atom is 0.303 e. The quantitative estimate of drug-likeness (QED) is 0.880. The Hall–Kier alpha value is -1.38. The van der Waals surface area contributed by atoms with E-state index in [-0.39, 0.29) is 17.7 Å². The first kappa shape index (κ1) is 13.1. The van der Waals surface area contributed by atoms with E-state index in [1.807, 2.05) is 12.1 Å². The highest BCUT2D eigenvalue weighted by Crippen LogP contribution is 2.43. The standard InChI is InChI=1S/C15H19FO2/c16-13-6-4-12(5-7-13)15(11-8-14(17)18)9-2-1-3-10-15/h4-7H,1-3,8-11H2,(H,17,18). The molecular weight excluding hydrogens is 231 g/mol. The van der Waals surface area contributed by atoms with Gasteiger partial charge in [0, 0.05) is 6.42 Å². The lowest BCUT2D eigenvalue weighted by molar-refractivity contribution is -0.137. The number of halogens is 1. The number of carboxylic acid groups (broad SMARTS) is 1. The molecule has 1 aromatic rings. The molecule has 0 aromatic heterocycles. The van der Waals surface area contributed by atoms with Gasteiger partial charge in [0.05, 0.1) is 0 Å². The third-order valence-corrected chi connectivity index (χ3v) is 4.08. The van der Waals surface area contributed by atoms with Crippen LogP contribution in [-0.2, 0) is 10.2 Å². The van der Waals surface area contributed by atoms with Crippen molar-refractivity contribution in [3.05, 3.63) is 35.6 Å². The van der Waals surface area contributed by atoms with Gasteiger partial charge in [-0.25, -0.2) is 4.39 Å². The Morgan fingerprint density at radius 3 is 2.33 bits per heavy atom. The highest BCUT2D eigenvalue weighted by atomic mass is 19.1. The third-order valence-electron chi connectivity index (χ3n) is 4.08. The second-order valence-electron chi connectivity index (χ2n) is 5.24. The lowest BCUT2D eigenvalue weighted by Crippen LogP contribution is -2.29. The van der Waals surface area contributed by atoms with Gasteiger partial charge in [-0.3, -0.25) is 4.79 Å². The first-order valence-corrected chi connectivity index (χ1v) is 6.60. The van der Waals surface area contributed by atoms with Gasteiger partial charge in [0.2, 0.25) is 0 Å². The topological polar surface area (TPSA) is 37.3 Å². The Morgan fingerprint density at radius 1 is 1.17 bits per heavy atom. The van der Waals surface area contributed by atoms with Crippen LogP contribution in [0.25, 0.3) is 0 Å². The highest BCUT2D eigenvalue weighted by molar-refractivity contribution is 5.66. The Labute approximate surface area is 107 Å². The SMILES string of the molecule is O=C(O)CCC1(c2ccc(F)cc2)CCCCC1. The van der Waals surface area contributed by atoms with Crippen LogP contribution in [0.5, 0.6) is 0 Å². The summed E-state index contributed by atoms with van der Waals surface area (Å²) < 4.78 is 13.0. The molecule has 0 atom stereocenters. The molecule has 0 heterocycles. The van der Waals surface area contributed by atoms with E-state index < -0.39 is 5.97 Å². The van der Waals surface area contributed by atoms with Gasteiger partial charge in [0.15, 0.2) is 0 Å². The second kappa shape index (κ2) is 5.51. The number of carbonyl (C=O) groups is 1. The predicted molar refractivity (Wildman–Crippen MR) is 68.0 cm³/mol. The molecule has 0 radical (unpaired) electrons. The van der Waals surface area contributed by atoms with Crippen molar-refractivity contribution in [1.82, 2.24) is 0 Å². The average Bonchev–Trinajstić information content (AvgIpc) is 2.38. The molecule has 98 valence electrons. The van der Waals surface area contributed by atoms with Crippen LogP contribution in [-0.4, -0.2) is 11.1 Å². The molecule has 1 aliphatic carbocycles.